The van der Waals surface area contributed by atoms with Crippen molar-refractivity contribution in [1.29, 1.82) is 0 Å². The number of carbonyl (C=O) groups excluding carboxylic acids is 1. The van der Waals surface area contributed by atoms with E-state index in [0.29, 0.717) is 13.0 Å². The Morgan fingerprint density at radius 3 is 2.52 bits per heavy atom. The summed E-state index contributed by atoms with van der Waals surface area (Å²) in [5.41, 5.74) is 1.07. The molecule has 2 rings (SSSR count). The van der Waals surface area contributed by atoms with E-state index in [9.17, 15) is 4.79 Å². The first-order valence-electron chi connectivity index (χ1n) is 9.76. The molecule has 4 heteroatoms. The Balaban J connectivity index is 1.69. The van der Waals surface area contributed by atoms with Crippen molar-refractivity contribution < 1.29 is 19.0 Å². The highest BCUT2D eigenvalue weighted by atomic mass is 16.7. The summed E-state index contributed by atoms with van der Waals surface area (Å²) >= 11 is 0. The Morgan fingerprint density at radius 2 is 1.80 bits per heavy atom. The lowest BCUT2D eigenvalue weighted by Gasteiger charge is -2.37. The van der Waals surface area contributed by atoms with Crippen molar-refractivity contribution in [3.8, 4) is 0 Å². The molecule has 1 aromatic rings. The van der Waals surface area contributed by atoms with Crippen molar-refractivity contribution in [2.45, 2.75) is 70.5 Å². The number of rotatable bonds is 11. The van der Waals surface area contributed by atoms with Crippen molar-refractivity contribution in [2.75, 3.05) is 19.8 Å². The van der Waals surface area contributed by atoms with Crippen molar-refractivity contribution in [3.63, 3.8) is 0 Å². The summed E-state index contributed by atoms with van der Waals surface area (Å²) in [5.74, 6) is -0.706. The average Bonchev–Trinajstić information content (AvgIpc) is 2.66. The highest BCUT2D eigenvalue weighted by Gasteiger charge is 2.35. The normalized spacial score (nSPS) is 16.5. The van der Waals surface area contributed by atoms with E-state index in [4.69, 9.17) is 14.2 Å². The second-order valence-electron chi connectivity index (χ2n) is 6.66. The Kier molecular flexibility index (Phi) is 8.98. The van der Waals surface area contributed by atoms with Crippen molar-refractivity contribution in [1.82, 2.24) is 0 Å². The molecule has 1 heterocycles. The minimum atomic E-state index is -0.635. The van der Waals surface area contributed by atoms with Crippen molar-refractivity contribution in [3.05, 3.63) is 35.9 Å². The van der Waals surface area contributed by atoms with Crippen molar-refractivity contribution >= 4 is 5.97 Å². The lowest BCUT2D eigenvalue weighted by Crippen LogP contribution is -2.38. The molecule has 4 nitrogen and oxygen atoms in total. The lowest BCUT2D eigenvalue weighted by molar-refractivity contribution is -0.280. The van der Waals surface area contributed by atoms with E-state index >= 15 is 0 Å². The van der Waals surface area contributed by atoms with Gasteiger partial charge in [-0.05, 0) is 25.7 Å². The van der Waals surface area contributed by atoms with Gasteiger partial charge < -0.3 is 14.2 Å². The molecule has 0 spiro atoms. The highest BCUT2D eigenvalue weighted by molar-refractivity contribution is 5.69. The summed E-state index contributed by atoms with van der Waals surface area (Å²) in [6.45, 7) is 4.10. The fourth-order valence-electron chi connectivity index (χ4n) is 3.14. The topological polar surface area (TPSA) is 44.8 Å². The minimum absolute atomic E-state index is 0.0703. The number of carbonyl (C=O) groups is 1. The number of hydrogen-bond acceptors (Lipinski definition) is 4. The molecule has 0 aromatic heterocycles. The molecule has 0 bridgehead atoms. The van der Waals surface area contributed by atoms with E-state index in [0.717, 1.165) is 57.3 Å². The van der Waals surface area contributed by atoms with E-state index < -0.39 is 5.79 Å². The first kappa shape index (κ1) is 19.9. The summed E-state index contributed by atoms with van der Waals surface area (Å²) < 4.78 is 17.4. The number of ether oxygens (including phenoxy) is 3. The third-order valence-electron chi connectivity index (χ3n) is 4.57. The molecule has 1 fully saturated rings. The van der Waals surface area contributed by atoms with Crippen LogP contribution in [0.25, 0.3) is 0 Å². The van der Waals surface area contributed by atoms with Gasteiger partial charge in [0, 0.05) is 18.4 Å². The summed E-state index contributed by atoms with van der Waals surface area (Å²) in [4.78, 5) is 11.7. The third kappa shape index (κ3) is 6.79. The van der Waals surface area contributed by atoms with Crippen LogP contribution in [0.2, 0.25) is 0 Å². The Hall–Kier alpha value is -1.39. The van der Waals surface area contributed by atoms with Crippen LogP contribution in [-0.2, 0) is 24.8 Å². The molecule has 140 valence electrons. The van der Waals surface area contributed by atoms with Gasteiger partial charge in [0.25, 0.3) is 0 Å². The van der Waals surface area contributed by atoms with Gasteiger partial charge in [-0.3, -0.25) is 4.79 Å². The van der Waals surface area contributed by atoms with E-state index in [1.807, 2.05) is 18.2 Å². The summed E-state index contributed by atoms with van der Waals surface area (Å²) in [6, 6.07) is 10.1. The maximum Gasteiger partial charge on any atom is 0.305 e. The Morgan fingerprint density at radius 1 is 1.04 bits per heavy atom. The first-order valence-corrected chi connectivity index (χ1v) is 9.76. The number of unbranched alkanes of at least 4 members (excludes halogenated alkanes) is 4. The van der Waals surface area contributed by atoms with Gasteiger partial charge in [-0.15, -0.1) is 0 Å². The number of benzene rings is 1. The molecule has 1 aliphatic heterocycles. The van der Waals surface area contributed by atoms with Crippen LogP contribution in [-0.4, -0.2) is 25.8 Å². The minimum Gasteiger partial charge on any atom is -0.466 e. The van der Waals surface area contributed by atoms with Crippen LogP contribution >= 0.6 is 0 Å². The van der Waals surface area contributed by atoms with Gasteiger partial charge in [0.05, 0.1) is 19.8 Å². The zero-order valence-corrected chi connectivity index (χ0v) is 15.5. The van der Waals surface area contributed by atoms with Gasteiger partial charge in [0.1, 0.15) is 0 Å². The molecule has 0 radical (unpaired) electrons. The molecule has 1 aromatic carbocycles. The summed E-state index contributed by atoms with van der Waals surface area (Å²) in [7, 11) is 0. The van der Waals surface area contributed by atoms with Crippen LogP contribution in [0.15, 0.2) is 30.3 Å². The largest absolute Gasteiger partial charge is 0.466 e. The van der Waals surface area contributed by atoms with Gasteiger partial charge in [0.15, 0.2) is 5.79 Å². The van der Waals surface area contributed by atoms with Crippen LogP contribution in [0.5, 0.6) is 0 Å². The summed E-state index contributed by atoms with van der Waals surface area (Å²) in [6.07, 6.45) is 8.41. The molecule has 0 amide bonds. The second-order valence-corrected chi connectivity index (χ2v) is 6.66. The number of hydrogen-bond donors (Lipinski definition) is 0. The van der Waals surface area contributed by atoms with Crippen LogP contribution < -0.4 is 0 Å². The molecule has 0 atom stereocenters. The smallest absolute Gasteiger partial charge is 0.305 e. The van der Waals surface area contributed by atoms with Crippen LogP contribution in [0, 0.1) is 0 Å². The number of esters is 1. The molecular formula is C21H32O4. The molecule has 0 aliphatic carbocycles. The van der Waals surface area contributed by atoms with Crippen LogP contribution in [0.1, 0.15) is 70.3 Å². The van der Waals surface area contributed by atoms with Crippen LogP contribution in [0.4, 0.5) is 0 Å². The van der Waals surface area contributed by atoms with Gasteiger partial charge in [-0.2, -0.15) is 0 Å². The SMILES string of the molecule is CCCCCCC(=O)OCCCCC1(c2ccccc2)OCCCO1. The second kappa shape index (κ2) is 11.3. The standard InChI is InChI=1S/C21H32O4/c1-2-3-4-8-14-20(22)23-16-10-9-15-21(24-17-11-18-25-21)19-12-6-5-7-13-19/h5-7,12-13H,2-4,8-11,14-18H2,1H3. The zero-order valence-electron chi connectivity index (χ0n) is 15.5. The highest BCUT2D eigenvalue weighted by Crippen LogP contribution is 2.35. The maximum absolute atomic E-state index is 11.7. The Bertz CT molecular complexity index is 480. The molecule has 25 heavy (non-hydrogen) atoms. The third-order valence-corrected chi connectivity index (χ3v) is 4.57. The molecular weight excluding hydrogens is 316 g/mol. The van der Waals surface area contributed by atoms with Crippen LogP contribution in [0.3, 0.4) is 0 Å². The monoisotopic (exact) mass is 348 g/mol. The summed E-state index contributed by atoms with van der Waals surface area (Å²) in [5, 5.41) is 0. The molecule has 0 saturated carbocycles. The van der Waals surface area contributed by atoms with Gasteiger partial charge >= 0.3 is 5.97 Å². The molecule has 0 N–H and O–H groups in total. The van der Waals surface area contributed by atoms with E-state index in [1.54, 1.807) is 0 Å². The molecule has 0 unspecified atom stereocenters. The predicted molar refractivity (Wildman–Crippen MR) is 98.2 cm³/mol. The zero-order chi connectivity index (χ0) is 17.8. The van der Waals surface area contributed by atoms with Gasteiger partial charge in [-0.25, -0.2) is 0 Å². The van der Waals surface area contributed by atoms with E-state index in [1.165, 1.54) is 12.8 Å². The quantitative estimate of drug-likeness (QED) is 0.419. The average molecular weight is 348 g/mol. The molecule has 1 saturated heterocycles. The first-order chi connectivity index (χ1) is 12.3. The van der Waals surface area contributed by atoms with Crippen molar-refractivity contribution in [2.24, 2.45) is 0 Å². The lowest BCUT2D eigenvalue weighted by atomic mass is 9.98. The fraction of sp³-hybridized carbons (Fsp3) is 0.667. The van der Waals surface area contributed by atoms with E-state index in [2.05, 4.69) is 19.1 Å². The fourth-order valence-corrected chi connectivity index (χ4v) is 3.14. The van der Waals surface area contributed by atoms with Gasteiger partial charge in [-0.1, -0.05) is 56.5 Å². The Labute approximate surface area is 151 Å². The van der Waals surface area contributed by atoms with Gasteiger partial charge in [0.2, 0.25) is 0 Å². The molecule has 1 aliphatic rings. The predicted octanol–water partition coefficient (Wildman–Crippen LogP) is 4.96. The van der Waals surface area contributed by atoms with E-state index in [-0.39, 0.29) is 5.97 Å². The maximum atomic E-state index is 11.7.